The number of carbonyl (C=O) groups is 1. The van der Waals surface area contributed by atoms with Crippen LogP contribution in [0.25, 0.3) is 0 Å². The van der Waals surface area contributed by atoms with Crippen LogP contribution in [0.4, 0.5) is 5.69 Å². The van der Waals surface area contributed by atoms with Crippen LogP contribution < -0.4 is 9.46 Å². The number of ether oxygens (including phenoxy) is 1. The van der Waals surface area contributed by atoms with Crippen LogP contribution in [0.3, 0.4) is 0 Å². The van der Waals surface area contributed by atoms with Crippen molar-refractivity contribution in [3.8, 4) is 5.75 Å². The van der Waals surface area contributed by atoms with Gasteiger partial charge in [0, 0.05) is 19.2 Å². The number of nitrogens with one attached hydrogen (secondary N) is 1. The predicted octanol–water partition coefficient (Wildman–Crippen LogP) is 2.22. The van der Waals surface area contributed by atoms with Crippen molar-refractivity contribution < 1.29 is 31.5 Å². The lowest BCUT2D eigenvalue weighted by atomic mass is 10.2. The quantitative estimate of drug-likeness (QED) is 0.609. The molecule has 9 nitrogen and oxygen atoms in total. The second kappa shape index (κ2) is 8.80. The highest BCUT2D eigenvalue weighted by Gasteiger charge is 2.24. The normalized spacial score (nSPS) is 12.0. The van der Waals surface area contributed by atoms with Crippen LogP contribution in [0.15, 0.2) is 52.3 Å². The Bertz CT molecular complexity index is 1090. The lowest BCUT2D eigenvalue weighted by molar-refractivity contribution is 0.0696. The number of carboxylic acid groups (broad SMARTS) is 1. The highest BCUT2D eigenvalue weighted by atomic mass is 32.2. The average Bonchev–Trinajstić information content (AvgIpc) is 2.68. The zero-order chi connectivity index (χ0) is 21.8. The highest BCUT2D eigenvalue weighted by molar-refractivity contribution is 7.92. The Kier molecular flexibility index (Phi) is 6.88. The smallest absolute Gasteiger partial charge is 0.335 e. The van der Waals surface area contributed by atoms with E-state index < -0.39 is 26.0 Å². The first kappa shape index (κ1) is 22.7. The van der Waals surface area contributed by atoms with E-state index in [0.29, 0.717) is 13.1 Å². The summed E-state index contributed by atoms with van der Waals surface area (Å²) >= 11 is 0. The highest BCUT2D eigenvalue weighted by Crippen LogP contribution is 2.31. The first-order valence-electron chi connectivity index (χ1n) is 8.61. The number of rotatable bonds is 9. The van der Waals surface area contributed by atoms with Crippen LogP contribution in [0.2, 0.25) is 0 Å². The molecule has 0 spiro atoms. The van der Waals surface area contributed by atoms with Crippen LogP contribution in [-0.4, -0.2) is 52.4 Å². The van der Waals surface area contributed by atoms with E-state index in [-0.39, 0.29) is 26.8 Å². The molecule has 2 aromatic carbocycles. The number of sulfonamides is 2. The number of hydrogen-bond donors (Lipinski definition) is 2. The zero-order valence-corrected chi connectivity index (χ0v) is 17.7. The van der Waals surface area contributed by atoms with E-state index in [1.165, 1.54) is 41.7 Å². The molecule has 11 heteroatoms. The molecule has 0 radical (unpaired) electrons. The molecule has 0 heterocycles. The van der Waals surface area contributed by atoms with Crippen molar-refractivity contribution in [2.24, 2.45) is 0 Å². The molecule has 0 saturated heterocycles. The van der Waals surface area contributed by atoms with E-state index in [9.17, 15) is 21.6 Å². The van der Waals surface area contributed by atoms with E-state index in [2.05, 4.69) is 4.72 Å². The van der Waals surface area contributed by atoms with Crippen LogP contribution in [0.1, 0.15) is 24.2 Å². The van der Waals surface area contributed by atoms with Gasteiger partial charge in [0.2, 0.25) is 10.0 Å². The van der Waals surface area contributed by atoms with Gasteiger partial charge in [-0.05, 0) is 36.4 Å². The molecule has 0 unspecified atom stereocenters. The Morgan fingerprint density at radius 3 is 2.03 bits per heavy atom. The van der Waals surface area contributed by atoms with E-state index >= 15 is 0 Å². The van der Waals surface area contributed by atoms with Gasteiger partial charge in [-0.2, -0.15) is 4.31 Å². The maximum atomic E-state index is 12.7. The van der Waals surface area contributed by atoms with Gasteiger partial charge < -0.3 is 9.84 Å². The zero-order valence-electron chi connectivity index (χ0n) is 16.1. The minimum atomic E-state index is -4.05. The van der Waals surface area contributed by atoms with Crippen LogP contribution in [-0.2, 0) is 20.0 Å². The minimum absolute atomic E-state index is 0.0215. The number of benzene rings is 2. The van der Waals surface area contributed by atoms with Gasteiger partial charge in [0.05, 0.1) is 28.2 Å². The number of nitrogens with zero attached hydrogens (tertiary/aromatic N) is 1. The molecule has 0 atom stereocenters. The Morgan fingerprint density at radius 2 is 1.55 bits per heavy atom. The molecule has 158 valence electrons. The molecular weight excluding hydrogens is 420 g/mol. The summed E-state index contributed by atoms with van der Waals surface area (Å²) in [6, 6.07) is 8.52. The van der Waals surface area contributed by atoms with Crippen molar-refractivity contribution in [3.05, 3.63) is 48.0 Å². The molecule has 2 aromatic rings. The second-order valence-electron chi connectivity index (χ2n) is 5.89. The fraction of sp³-hybridized carbons (Fsp3) is 0.278. The number of anilines is 1. The number of hydrogen-bond acceptors (Lipinski definition) is 6. The van der Waals surface area contributed by atoms with Gasteiger partial charge in [-0.1, -0.05) is 13.8 Å². The topological polar surface area (TPSA) is 130 Å². The summed E-state index contributed by atoms with van der Waals surface area (Å²) in [6.45, 7) is 4.02. The molecule has 2 N–H and O–H groups in total. The molecule has 0 fully saturated rings. The number of methoxy groups -OCH3 is 1. The summed E-state index contributed by atoms with van der Waals surface area (Å²) in [7, 11) is -6.49. The molecular formula is C18H22N2O7S2. The van der Waals surface area contributed by atoms with Crippen molar-refractivity contribution in [2.45, 2.75) is 23.6 Å². The fourth-order valence-corrected chi connectivity index (χ4v) is 5.15. The maximum Gasteiger partial charge on any atom is 0.335 e. The summed E-state index contributed by atoms with van der Waals surface area (Å²) < 4.78 is 59.3. The fourth-order valence-electron chi connectivity index (χ4n) is 2.61. The average molecular weight is 443 g/mol. The van der Waals surface area contributed by atoms with Gasteiger partial charge >= 0.3 is 5.97 Å². The first-order chi connectivity index (χ1) is 13.6. The van der Waals surface area contributed by atoms with Crippen molar-refractivity contribution in [1.29, 1.82) is 0 Å². The molecule has 0 aliphatic heterocycles. The Hall–Kier alpha value is -2.63. The Labute approximate surface area is 170 Å². The van der Waals surface area contributed by atoms with E-state index in [1.54, 1.807) is 13.8 Å². The monoisotopic (exact) mass is 442 g/mol. The van der Waals surface area contributed by atoms with Gasteiger partial charge in [-0.15, -0.1) is 0 Å². The molecule has 0 amide bonds. The van der Waals surface area contributed by atoms with Gasteiger partial charge in [0.1, 0.15) is 5.75 Å². The summed E-state index contributed by atoms with van der Waals surface area (Å²) in [6.07, 6.45) is 0. The van der Waals surface area contributed by atoms with Crippen LogP contribution in [0.5, 0.6) is 5.75 Å². The van der Waals surface area contributed by atoms with Crippen molar-refractivity contribution in [3.63, 3.8) is 0 Å². The third kappa shape index (κ3) is 4.86. The Balaban J connectivity index is 2.39. The summed E-state index contributed by atoms with van der Waals surface area (Å²) in [5.74, 6) is -1.14. The van der Waals surface area contributed by atoms with Gasteiger partial charge in [0.25, 0.3) is 10.0 Å². The lowest BCUT2D eigenvalue weighted by Crippen LogP contribution is -2.30. The molecule has 2 rings (SSSR count). The standard InChI is InChI=1S/C18H22N2O7S2/c1-4-20(5-2)29(25,26)15-10-11-16(17(12-15)27-3)19-28(23,24)14-8-6-13(7-9-14)18(21)22/h6-12,19H,4-5H2,1-3H3,(H,21,22). The molecule has 0 aromatic heterocycles. The van der Waals surface area contributed by atoms with E-state index in [1.807, 2.05) is 0 Å². The lowest BCUT2D eigenvalue weighted by Gasteiger charge is -2.19. The van der Waals surface area contributed by atoms with E-state index in [0.717, 1.165) is 12.1 Å². The van der Waals surface area contributed by atoms with Crippen molar-refractivity contribution >= 4 is 31.7 Å². The van der Waals surface area contributed by atoms with Crippen molar-refractivity contribution in [2.75, 3.05) is 24.9 Å². The second-order valence-corrected chi connectivity index (χ2v) is 9.51. The summed E-state index contributed by atoms with van der Waals surface area (Å²) in [5, 5.41) is 8.91. The van der Waals surface area contributed by atoms with E-state index in [4.69, 9.17) is 9.84 Å². The SMILES string of the molecule is CCN(CC)S(=O)(=O)c1ccc(NS(=O)(=O)c2ccc(C(=O)O)cc2)c(OC)c1. The summed E-state index contributed by atoms with van der Waals surface area (Å²) in [4.78, 5) is 10.7. The van der Waals surface area contributed by atoms with Crippen LogP contribution in [0, 0.1) is 0 Å². The molecule has 0 saturated carbocycles. The Morgan fingerprint density at radius 1 is 1.00 bits per heavy atom. The van der Waals surface area contributed by atoms with Gasteiger partial charge in [-0.25, -0.2) is 21.6 Å². The van der Waals surface area contributed by atoms with Crippen molar-refractivity contribution in [1.82, 2.24) is 4.31 Å². The van der Waals surface area contributed by atoms with Crippen LogP contribution >= 0.6 is 0 Å². The third-order valence-electron chi connectivity index (χ3n) is 4.17. The first-order valence-corrected chi connectivity index (χ1v) is 11.5. The molecule has 0 aliphatic carbocycles. The molecule has 29 heavy (non-hydrogen) atoms. The van der Waals surface area contributed by atoms with Gasteiger partial charge in [0.15, 0.2) is 0 Å². The summed E-state index contributed by atoms with van der Waals surface area (Å²) in [5.41, 5.74) is 0.000741. The third-order valence-corrected chi connectivity index (χ3v) is 7.60. The largest absolute Gasteiger partial charge is 0.495 e. The molecule has 0 aliphatic rings. The van der Waals surface area contributed by atoms with Gasteiger partial charge in [-0.3, -0.25) is 4.72 Å². The minimum Gasteiger partial charge on any atom is -0.495 e. The predicted molar refractivity (Wildman–Crippen MR) is 107 cm³/mol. The number of aromatic carboxylic acids is 1. The number of carboxylic acids is 1. The maximum absolute atomic E-state index is 12.7. The molecule has 0 bridgehead atoms.